The summed E-state index contributed by atoms with van der Waals surface area (Å²) in [7, 11) is 0. The van der Waals surface area contributed by atoms with E-state index in [0.29, 0.717) is 18.0 Å². The van der Waals surface area contributed by atoms with Gasteiger partial charge in [-0.05, 0) is 44.5 Å². The number of nitrogens with zero attached hydrogens (tertiary/aromatic N) is 1. The molecule has 7 heteroatoms. The van der Waals surface area contributed by atoms with Crippen molar-refractivity contribution in [3.63, 3.8) is 0 Å². The number of benzene rings is 2. The van der Waals surface area contributed by atoms with Gasteiger partial charge in [0, 0.05) is 12.1 Å². The second-order valence-electron chi connectivity index (χ2n) is 6.83. The van der Waals surface area contributed by atoms with Gasteiger partial charge in [-0.15, -0.1) is 0 Å². The Morgan fingerprint density at radius 3 is 2.60 bits per heavy atom. The van der Waals surface area contributed by atoms with Gasteiger partial charge in [-0.1, -0.05) is 30.3 Å². The fraction of sp³-hybridized carbons (Fsp3) is 0.304. The lowest BCUT2D eigenvalue weighted by Crippen LogP contribution is -2.49. The summed E-state index contributed by atoms with van der Waals surface area (Å²) in [5.74, 6) is -0.532. The molecule has 0 spiro atoms. The Morgan fingerprint density at radius 1 is 1.17 bits per heavy atom. The molecule has 0 unspecified atom stereocenters. The first-order valence-electron chi connectivity index (χ1n) is 9.88. The second-order valence-corrected chi connectivity index (χ2v) is 6.83. The summed E-state index contributed by atoms with van der Waals surface area (Å²) in [6.45, 7) is 5.85. The topological polar surface area (TPSA) is 67.9 Å². The highest BCUT2D eigenvalue weighted by Crippen LogP contribution is 2.33. The Labute approximate surface area is 175 Å². The molecule has 6 nitrogen and oxygen atoms in total. The largest absolute Gasteiger partial charge is 0.487 e. The van der Waals surface area contributed by atoms with Crippen LogP contribution in [0, 0.1) is 12.7 Å². The minimum atomic E-state index is -0.975. The van der Waals surface area contributed by atoms with E-state index in [1.54, 1.807) is 38.1 Å². The van der Waals surface area contributed by atoms with Gasteiger partial charge in [-0.2, -0.15) is 0 Å². The molecule has 0 aliphatic carbocycles. The van der Waals surface area contributed by atoms with Crippen LogP contribution in [0.15, 0.2) is 59.8 Å². The van der Waals surface area contributed by atoms with E-state index < -0.39 is 23.9 Å². The van der Waals surface area contributed by atoms with Crippen LogP contribution in [0.3, 0.4) is 0 Å². The quantitative estimate of drug-likeness (QED) is 0.695. The van der Waals surface area contributed by atoms with Crippen LogP contribution in [0.5, 0.6) is 5.75 Å². The van der Waals surface area contributed by atoms with E-state index in [1.165, 1.54) is 11.0 Å². The van der Waals surface area contributed by atoms with Gasteiger partial charge in [0.05, 0.1) is 23.9 Å². The number of halogens is 1. The standard InChI is InChI=1S/C23H25FN2O4/c1-4-26-19(14-30-16-10-8-9-15(3)13-16)20(22(27)29-5-2)21(25-23(26)28)17-11-6-7-12-18(17)24/h6-13,21H,4-5,14H2,1-3H3,(H,25,28)/t21-/m1/s1. The number of carbonyl (C=O) groups is 2. The van der Waals surface area contributed by atoms with Crippen LogP contribution in [-0.2, 0) is 9.53 Å². The van der Waals surface area contributed by atoms with Gasteiger partial charge >= 0.3 is 12.0 Å². The summed E-state index contributed by atoms with van der Waals surface area (Å²) in [5, 5.41) is 2.73. The van der Waals surface area contributed by atoms with Crippen molar-refractivity contribution in [1.29, 1.82) is 0 Å². The zero-order chi connectivity index (χ0) is 21.7. The number of ether oxygens (including phenoxy) is 2. The van der Waals surface area contributed by atoms with Crippen LogP contribution in [0.4, 0.5) is 9.18 Å². The summed E-state index contributed by atoms with van der Waals surface area (Å²) >= 11 is 0. The summed E-state index contributed by atoms with van der Waals surface area (Å²) in [6.07, 6.45) is 0. The minimum Gasteiger partial charge on any atom is -0.487 e. The zero-order valence-electron chi connectivity index (χ0n) is 17.3. The van der Waals surface area contributed by atoms with Crippen molar-refractivity contribution in [3.8, 4) is 5.75 Å². The van der Waals surface area contributed by atoms with Gasteiger partial charge in [0.15, 0.2) is 0 Å². The predicted molar refractivity (Wildman–Crippen MR) is 110 cm³/mol. The van der Waals surface area contributed by atoms with Crippen LogP contribution in [0.25, 0.3) is 0 Å². The van der Waals surface area contributed by atoms with Gasteiger partial charge in [0.2, 0.25) is 0 Å². The lowest BCUT2D eigenvalue weighted by molar-refractivity contribution is -0.139. The molecule has 0 saturated carbocycles. The van der Waals surface area contributed by atoms with Gasteiger partial charge in [0.1, 0.15) is 18.2 Å². The Balaban J connectivity index is 2.09. The van der Waals surface area contributed by atoms with Crippen molar-refractivity contribution in [2.75, 3.05) is 19.8 Å². The molecule has 1 N–H and O–H groups in total. The van der Waals surface area contributed by atoms with E-state index >= 15 is 0 Å². The second kappa shape index (κ2) is 9.43. The van der Waals surface area contributed by atoms with Crippen molar-refractivity contribution in [2.24, 2.45) is 0 Å². The third-order valence-electron chi connectivity index (χ3n) is 4.83. The highest BCUT2D eigenvalue weighted by atomic mass is 19.1. The fourth-order valence-corrected chi connectivity index (χ4v) is 3.44. The third kappa shape index (κ3) is 4.45. The average Bonchev–Trinajstić information content (AvgIpc) is 2.72. The van der Waals surface area contributed by atoms with Crippen molar-refractivity contribution < 1.29 is 23.5 Å². The molecule has 0 fully saturated rings. The number of hydrogen-bond donors (Lipinski definition) is 1. The summed E-state index contributed by atoms with van der Waals surface area (Å²) in [5.41, 5.74) is 1.73. The maximum absolute atomic E-state index is 14.6. The smallest absolute Gasteiger partial charge is 0.338 e. The number of rotatable bonds is 7. The van der Waals surface area contributed by atoms with E-state index in [1.807, 2.05) is 25.1 Å². The first-order chi connectivity index (χ1) is 14.5. The molecule has 2 aromatic carbocycles. The van der Waals surface area contributed by atoms with E-state index in [-0.39, 0.29) is 24.4 Å². The first-order valence-corrected chi connectivity index (χ1v) is 9.88. The minimum absolute atomic E-state index is 0.0379. The first kappa shape index (κ1) is 21.4. The van der Waals surface area contributed by atoms with Crippen LogP contribution < -0.4 is 10.1 Å². The molecule has 1 aliphatic heterocycles. The van der Waals surface area contributed by atoms with Gasteiger partial charge < -0.3 is 14.8 Å². The zero-order valence-corrected chi connectivity index (χ0v) is 17.3. The molecule has 158 valence electrons. The fourth-order valence-electron chi connectivity index (χ4n) is 3.44. The summed E-state index contributed by atoms with van der Waals surface area (Å²) in [6, 6.07) is 12.1. The molecular formula is C23H25FN2O4. The van der Waals surface area contributed by atoms with Crippen molar-refractivity contribution >= 4 is 12.0 Å². The molecular weight excluding hydrogens is 387 g/mol. The highest BCUT2D eigenvalue weighted by molar-refractivity contribution is 5.95. The molecule has 1 aliphatic rings. The predicted octanol–water partition coefficient (Wildman–Crippen LogP) is 4.12. The lowest BCUT2D eigenvalue weighted by atomic mass is 9.94. The maximum atomic E-state index is 14.6. The summed E-state index contributed by atoms with van der Waals surface area (Å²) in [4.78, 5) is 27.1. The molecule has 0 aromatic heterocycles. The van der Waals surface area contributed by atoms with Crippen LogP contribution >= 0.6 is 0 Å². The number of esters is 1. The monoisotopic (exact) mass is 412 g/mol. The van der Waals surface area contributed by atoms with Gasteiger partial charge in [-0.3, -0.25) is 4.90 Å². The van der Waals surface area contributed by atoms with E-state index in [2.05, 4.69) is 5.32 Å². The van der Waals surface area contributed by atoms with Crippen molar-refractivity contribution in [2.45, 2.75) is 26.8 Å². The van der Waals surface area contributed by atoms with E-state index in [0.717, 1.165) is 5.56 Å². The number of urea groups is 1. The van der Waals surface area contributed by atoms with E-state index in [4.69, 9.17) is 9.47 Å². The number of amides is 2. The number of nitrogens with one attached hydrogen (secondary N) is 1. The average molecular weight is 412 g/mol. The number of carbonyl (C=O) groups excluding carboxylic acids is 2. The van der Waals surface area contributed by atoms with E-state index in [9.17, 15) is 14.0 Å². The maximum Gasteiger partial charge on any atom is 0.338 e. The summed E-state index contributed by atoms with van der Waals surface area (Å²) < 4.78 is 25.7. The normalized spacial score (nSPS) is 16.3. The Morgan fingerprint density at radius 2 is 1.93 bits per heavy atom. The molecule has 2 amide bonds. The van der Waals surface area contributed by atoms with Gasteiger partial charge in [-0.25, -0.2) is 14.0 Å². The molecule has 0 radical (unpaired) electrons. The molecule has 0 bridgehead atoms. The number of aryl methyl sites for hydroxylation is 1. The van der Waals surface area contributed by atoms with Crippen molar-refractivity contribution in [3.05, 3.63) is 76.7 Å². The molecule has 0 saturated heterocycles. The molecule has 2 aromatic rings. The third-order valence-corrected chi connectivity index (χ3v) is 4.83. The Bertz CT molecular complexity index is 973. The van der Waals surface area contributed by atoms with Crippen LogP contribution in [0.1, 0.15) is 31.0 Å². The Kier molecular flexibility index (Phi) is 6.72. The SMILES string of the molecule is CCOC(=O)C1=C(COc2cccc(C)c2)N(CC)C(=O)N[C@@H]1c1ccccc1F. The Hall–Kier alpha value is -3.35. The van der Waals surface area contributed by atoms with Crippen molar-refractivity contribution in [1.82, 2.24) is 10.2 Å². The number of likely N-dealkylation sites (N-methyl/N-ethyl adjacent to an activating group) is 1. The van der Waals surface area contributed by atoms with Crippen LogP contribution in [0.2, 0.25) is 0 Å². The lowest BCUT2D eigenvalue weighted by Gasteiger charge is -2.36. The van der Waals surface area contributed by atoms with Gasteiger partial charge in [0.25, 0.3) is 0 Å². The molecule has 1 heterocycles. The molecule has 30 heavy (non-hydrogen) atoms. The molecule has 3 rings (SSSR count). The van der Waals surface area contributed by atoms with Crippen LogP contribution in [-0.4, -0.2) is 36.7 Å². The highest BCUT2D eigenvalue weighted by Gasteiger charge is 2.38. The molecule has 1 atom stereocenters. The number of hydrogen-bond acceptors (Lipinski definition) is 4.